The zero-order chi connectivity index (χ0) is 14.8. The molecule has 0 fully saturated rings. The van der Waals surface area contributed by atoms with Crippen LogP contribution < -0.4 is 4.74 Å². The fraction of sp³-hybridized carbons (Fsp3) is 0.118. The summed E-state index contributed by atoms with van der Waals surface area (Å²) in [5.74, 6) is -0.484. The van der Waals surface area contributed by atoms with Crippen molar-refractivity contribution in [3.8, 4) is 5.75 Å². The van der Waals surface area contributed by atoms with Crippen molar-refractivity contribution in [2.45, 2.75) is 13.5 Å². The van der Waals surface area contributed by atoms with Crippen LogP contribution in [0.15, 0.2) is 48.5 Å². The van der Waals surface area contributed by atoms with Gasteiger partial charge in [-0.3, -0.25) is 0 Å². The molecule has 1 N–H and O–H groups in total. The molecule has 0 aliphatic carbocycles. The van der Waals surface area contributed by atoms with Crippen LogP contribution in [0.1, 0.15) is 20.8 Å². The molecule has 4 heteroatoms. The Balaban J connectivity index is 1.98. The summed E-state index contributed by atoms with van der Waals surface area (Å²) in [4.78, 5) is 11.7. The van der Waals surface area contributed by atoms with Crippen LogP contribution in [0.25, 0.3) is 10.1 Å². The lowest BCUT2D eigenvalue weighted by Gasteiger charge is -2.09. The van der Waals surface area contributed by atoms with Gasteiger partial charge in [0, 0.05) is 10.1 Å². The largest absolute Gasteiger partial charge is 0.486 e. The van der Waals surface area contributed by atoms with Crippen LogP contribution in [0.5, 0.6) is 5.75 Å². The minimum atomic E-state index is -0.948. The van der Waals surface area contributed by atoms with Crippen molar-refractivity contribution in [3.63, 3.8) is 0 Å². The molecule has 0 atom stereocenters. The lowest BCUT2D eigenvalue weighted by Crippen LogP contribution is -2.01. The summed E-state index contributed by atoms with van der Waals surface area (Å²) in [6.07, 6.45) is 0. The Morgan fingerprint density at radius 2 is 1.86 bits per heavy atom. The van der Waals surface area contributed by atoms with Gasteiger partial charge in [-0.1, -0.05) is 36.4 Å². The number of hydrogen-bond donors (Lipinski definition) is 1. The van der Waals surface area contributed by atoms with Gasteiger partial charge in [0.15, 0.2) is 10.6 Å². The average molecular weight is 298 g/mol. The topological polar surface area (TPSA) is 46.5 Å². The molecule has 0 amide bonds. The number of fused-ring (bicyclic) bond motifs is 1. The average Bonchev–Trinajstić information content (AvgIpc) is 2.85. The third-order valence-corrected chi connectivity index (χ3v) is 4.52. The zero-order valence-electron chi connectivity index (χ0n) is 11.5. The number of carboxylic acids is 1. The molecule has 0 radical (unpaired) electrons. The molecule has 21 heavy (non-hydrogen) atoms. The second kappa shape index (κ2) is 5.58. The first-order valence-corrected chi connectivity index (χ1v) is 7.40. The highest BCUT2D eigenvalue weighted by molar-refractivity contribution is 7.21. The molecule has 3 rings (SSSR count). The quantitative estimate of drug-likeness (QED) is 0.772. The van der Waals surface area contributed by atoms with Gasteiger partial charge in [-0.15, -0.1) is 11.3 Å². The normalized spacial score (nSPS) is 10.7. The Morgan fingerprint density at radius 3 is 2.62 bits per heavy atom. The highest BCUT2D eigenvalue weighted by Crippen LogP contribution is 2.38. The van der Waals surface area contributed by atoms with Crippen LogP contribution in [0.4, 0.5) is 0 Å². The maximum absolute atomic E-state index is 11.4. The van der Waals surface area contributed by atoms with Gasteiger partial charge in [-0.25, -0.2) is 4.79 Å². The van der Waals surface area contributed by atoms with Gasteiger partial charge in [0.1, 0.15) is 6.61 Å². The SMILES string of the molecule is Cc1ccccc1COc1c(C(=O)O)sc2ccccc12. The molecule has 3 aromatic rings. The third kappa shape index (κ3) is 2.62. The lowest BCUT2D eigenvalue weighted by molar-refractivity contribution is 0.0698. The van der Waals surface area contributed by atoms with E-state index >= 15 is 0 Å². The molecule has 3 nitrogen and oxygen atoms in total. The predicted molar refractivity (Wildman–Crippen MR) is 84.3 cm³/mol. The Labute approximate surface area is 126 Å². The van der Waals surface area contributed by atoms with Crippen LogP contribution in [0.3, 0.4) is 0 Å². The van der Waals surface area contributed by atoms with Gasteiger partial charge in [-0.2, -0.15) is 0 Å². The van der Waals surface area contributed by atoms with E-state index in [0.29, 0.717) is 12.4 Å². The minimum Gasteiger partial charge on any atom is -0.486 e. The van der Waals surface area contributed by atoms with E-state index in [1.165, 1.54) is 11.3 Å². The number of hydrogen-bond acceptors (Lipinski definition) is 3. The van der Waals surface area contributed by atoms with Crippen LogP contribution in [-0.2, 0) is 6.61 Å². The predicted octanol–water partition coefficient (Wildman–Crippen LogP) is 4.49. The second-order valence-electron chi connectivity index (χ2n) is 4.78. The zero-order valence-corrected chi connectivity index (χ0v) is 12.3. The smallest absolute Gasteiger partial charge is 0.349 e. The van der Waals surface area contributed by atoms with Gasteiger partial charge in [0.25, 0.3) is 0 Å². The first kappa shape index (κ1) is 13.6. The van der Waals surface area contributed by atoms with Crippen LogP contribution in [0.2, 0.25) is 0 Å². The molecule has 1 heterocycles. The van der Waals surface area contributed by atoms with Crippen molar-refractivity contribution in [2.75, 3.05) is 0 Å². The number of benzene rings is 2. The van der Waals surface area contributed by atoms with Gasteiger partial charge in [0.05, 0.1) is 0 Å². The van der Waals surface area contributed by atoms with Gasteiger partial charge >= 0.3 is 5.97 Å². The van der Waals surface area contributed by atoms with Crippen molar-refractivity contribution < 1.29 is 14.6 Å². The Morgan fingerprint density at radius 1 is 1.14 bits per heavy atom. The Bertz CT molecular complexity index is 805. The Hall–Kier alpha value is -2.33. The van der Waals surface area contributed by atoms with Crippen molar-refractivity contribution in [2.24, 2.45) is 0 Å². The van der Waals surface area contributed by atoms with Crippen LogP contribution >= 0.6 is 11.3 Å². The molecule has 0 aliphatic rings. The minimum absolute atomic E-state index is 0.254. The van der Waals surface area contributed by atoms with E-state index < -0.39 is 5.97 Å². The number of carboxylic acid groups (broad SMARTS) is 1. The van der Waals surface area contributed by atoms with E-state index in [1.54, 1.807) is 0 Å². The highest BCUT2D eigenvalue weighted by Gasteiger charge is 2.19. The van der Waals surface area contributed by atoms with Crippen molar-refractivity contribution in [1.29, 1.82) is 0 Å². The summed E-state index contributed by atoms with van der Waals surface area (Å²) in [5, 5.41) is 10.2. The lowest BCUT2D eigenvalue weighted by atomic mass is 10.1. The second-order valence-corrected chi connectivity index (χ2v) is 5.83. The standard InChI is InChI=1S/C17H14O3S/c1-11-6-2-3-7-12(11)10-20-15-13-8-4-5-9-14(13)21-16(15)17(18)19/h2-9H,10H2,1H3,(H,18,19). The maximum atomic E-state index is 11.4. The number of thiophene rings is 1. The fourth-order valence-electron chi connectivity index (χ4n) is 2.23. The molecule has 0 aliphatic heterocycles. The molecule has 0 unspecified atom stereocenters. The summed E-state index contributed by atoms with van der Waals surface area (Å²) >= 11 is 1.25. The van der Waals surface area contributed by atoms with Crippen LogP contribution in [-0.4, -0.2) is 11.1 Å². The molecule has 1 aromatic heterocycles. The van der Waals surface area contributed by atoms with Gasteiger partial charge < -0.3 is 9.84 Å². The van der Waals surface area contributed by atoms with Gasteiger partial charge in [0.2, 0.25) is 0 Å². The summed E-state index contributed by atoms with van der Waals surface area (Å²) in [7, 11) is 0. The monoisotopic (exact) mass is 298 g/mol. The third-order valence-electron chi connectivity index (χ3n) is 3.38. The Kier molecular flexibility index (Phi) is 3.62. The number of rotatable bonds is 4. The first-order chi connectivity index (χ1) is 10.2. The number of aryl methyl sites for hydroxylation is 1. The molecule has 0 saturated carbocycles. The van der Waals surface area contributed by atoms with E-state index in [4.69, 9.17) is 4.74 Å². The first-order valence-electron chi connectivity index (χ1n) is 6.59. The molecule has 2 aromatic carbocycles. The van der Waals surface area contributed by atoms with E-state index in [0.717, 1.165) is 21.2 Å². The summed E-state index contributed by atoms with van der Waals surface area (Å²) < 4.78 is 6.77. The van der Waals surface area contributed by atoms with Crippen molar-refractivity contribution >= 4 is 27.4 Å². The van der Waals surface area contributed by atoms with E-state index in [1.807, 2.05) is 55.5 Å². The molecule has 0 bridgehead atoms. The molecule has 0 spiro atoms. The van der Waals surface area contributed by atoms with Crippen LogP contribution in [0, 0.1) is 6.92 Å². The molecular formula is C17H14O3S. The summed E-state index contributed by atoms with van der Waals surface area (Å²) in [6, 6.07) is 15.5. The van der Waals surface area contributed by atoms with Gasteiger partial charge in [-0.05, 0) is 30.2 Å². The van der Waals surface area contributed by atoms with Crippen molar-refractivity contribution in [3.05, 3.63) is 64.5 Å². The number of aromatic carboxylic acids is 1. The number of ether oxygens (including phenoxy) is 1. The van der Waals surface area contributed by atoms with E-state index in [-0.39, 0.29) is 4.88 Å². The summed E-state index contributed by atoms with van der Waals surface area (Å²) in [5.41, 5.74) is 2.19. The van der Waals surface area contributed by atoms with Crippen molar-refractivity contribution in [1.82, 2.24) is 0 Å². The van der Waals surface area contributed by atoms with E-state index in [2.05, 4.69) is 0 Å². The fourth-order valence-corrected chi connectivity index (χ4v) is 3.21. The maximum Gasteiger partial charge on any atom is 0.349 e. The van der Waals surface area contributed by atoms with E-state index in [9.17, 15) is 9.90 Å². The highest BCUT2D eigenvalue weighted by atomic mass is 32.1. The molecular weight excluding hydrogens is 284 g/mol. The molecule has 106 valence electrons. The molecule has 0 saturated heterocycles. The summed E-state index contributed by atoms with van der Waals surface area (Å²) in [6.45, 7) is 2.39. The number of carbonyl (C=O) groups is 1.